The number of benzene rings is 1. The van der Waals surface area contributed by atoms with Gasteiger partial charge in [-0.1, -0.05) is 64.5 Å². The zero-order valence-corrected chi connectivity index (χ0v) is 16.1. The summed E-state index contributed by atoms with van der Waals surface area (Å²) in [5, 5.41) is 0.809. The van der Waals surface area contributed by atoms with Gasteiger partial charge in [0, 0.05) is 5.39 Å². The summed E-state index contributed by atoms with van der Waals surface area (Å²) in [6, 6.07) is 7.51. The van der Waals surface area contributed by atoms with E-state index in [4.69, 9.17) is 15.3 Å². The summed E-state index contributed by atoms with van der Waals surface area (Å²) < 4.78 is 13.0. The molecule has 0 spiro atoms. The maximum absolute atomic E-state index is 12.7. The van der Waals surface area contributed by atoms with Crippen molar-refractivity contribution in [3.63, 3.8) is 0 Å². The van der Waals surface area contributed by atoms with Gasteiger partial charge in [0.2, 0.25) is 5.75 Å². The molecular formula is C21H32N2O3. The lowest BCUT2D eigenvalue weighted by molar-refractivity contribution is 0.258. The van der Waals surface area contributed by atoms with Crippen LogP contribution in [0.4, 0.5) is 0 Å². The van der Waals surface area contributed by atoms with E-state index < -0.39 is 0 Å². The van der Waals surface area contributed by atoms with Gasteiger partial charge in [0.1, 0.15) is 0 Å². The van der Waals surface area contributed by atoms with Gasteiger partial charge in [-0.15, -0.1) is 0 Å². The molecule has 2 rings (SSSR count). The van der Waals surface area contributed by atoms with E-state index in [1.165, 1.54) is 25.7 Å². The van der Waals surface area contributed by atoms with Crippen LogP contribution in [0.25, 0.3) is 10.9 Å². The zero-order chi connectivity index (χ0) is 18.8. The van der Waals surface area contributed by atoms with E-state index in [2.05, 4.69) is 13.8 Å². The largest absolute Gasteiger partial charge is 0.489 e. The SMILES string of the molecule is CCCCCCCCOc1c(OCCCC)c2ccccc2n(N)c1=O. The highest BCUT2D eigenvalue weighted by Gasteiger charge is 2.18. The highest BCUT2D eigenvalue weighted by Crippen LogP contribution is 2.32. The topological polar surface area (TPSA) is 66.5 Å². The number of para-hydroxylation sites is 1. The number of ether oxygens (including phenoxy) is 2. The maximum Gasteiger partial charge on any atom is 0.315 e. The molecule has 0 aliphatic carbocycles. The van der Waals surface area contributed by atoms with E-state index in [0.717, 1.165) is 35.7 Å². The second-order valence-corrected chi connectivity index (χ2v) is 6.67. The average Bonchev–Trinajstić information content (AvgIpc) is 2.66. The van der Waals surface area contributed by atoms with Crippen molar-refractivity contribution in [3.8, 4) is 11.5 Å². The average molecular weight is 360 g/mol. The molecule has 2 aromatic rings. The number of nitrogen functional groups attached to an aromatic ring is 1. The second kappa shape index (κ2) is 10.7. The lowest BCUT2D eigenvalue weighted by Crippen LogP contribution is -2.29. The van der Waals surface area contributed by atoms with Crippen molar-refractivity contribution in [1.29, 1.82) is 0 Å². The Morgan fingerprint density at radius 2 is 1.46 bits per heavy atom. The maximum atomic E-state index is 12.7. The van der Waals surface area contributed by atoms with Gasteiger partial charge in [0.05, 0.1) is 18.7 Å². The molecule has 5 heteroatoms. The predicted octanol–water partition coefficient (Wildman–Crippen LogP) is 4.63. The van der Waals surface area contributed by atoms with E-state index in [-0.39, 0.29) is 11.3 Å². The Hall–Kier alpha value is -2.17. The molecule has 0 bridgehead atoms. The van der Waals surface area contributed by atoms with Crippen molar-refractivity contribution < 1.29 is 9.47 Å². The fourth-order valence-corrected chi connectivity index (χ4v) is 2.96. The molecule has 2 N–H and O–H groups in total. The smallest absolute Gasteiger partial charge is 0.315 e. The van der Waals surface area contributed by atoms with Gasteiger partial charge in [-0.25, -0.2) is 4.68 Å². The van der Waals surface area contributed by atoms with Crippen molar-refractivity contribution in [3.05, 3.63) is 34.6 Å². The van der Waals surface area contributed by atoms with Gasteiger partial charge in [-0.05, 0) is 25.0 Å². The fourth-order valence-electron chi connectivity index (χ4n) is 2.96. The number of aromatic nitrogens is 1. The first kappa shape index (κ1) is 20.1. The summed E-state index contributed by atoms with van der Waals surface area (Å²) in [5.41, 5.74) is 0.303. The monoisotopic (exact) mass is 360 g/mol. The fraction of sp³-hybridized carbons (Fsp3) is 0.571. The minimum Gasteiger partial charge on any atom is -0.489 e. The van der Waals surface area contributed by atoms with Gasteiger partial charge >= 0.3 is 5.56 Å². The summed E-state index contributed by atoms with van der Waals surface area (Å²) >= 11 is 0. The van der Waals surface area contributed by atoms with Crippen LogP contribution < -0.4 is 20.9 Å². The molecule has 5 nitrogen and oxygen atoms in total. The number of hydrogen-bond donors (Lipinski definition) is 1. The molecule has 0 aliphatic rings. The quantitative estimate of drug-likeness (QED) is 0.442. The van der Waals surface area contributed by atoms with Gasteiger partial charge in [-0.2, -0.15) is 0 Å². The van der Waals surface area contributed by atoms with Crippen LogP contribution >= 0.6 is 0 Å². The third-order valence-electron chi connectivity index (χ3n) is 4.52. The van der Waals surface area contributed by atoms with Crippen molar-refractivity contribution in [2.75, 3.05) is 19.1 Å². The molecule has 0 amide bonds. The molecule has 1 aromatic carbocycles. The Labute approximate surface area is 156 Å². The first-order chi connectivity index (χ1) is 12.7. The molecule has 0 radical (unpaired) electrons. The molecule has 0 saturated heterocycles. The molecule has 1 heterocycles. The third-order valence-corrected chi connectivity index (χ3v) is 4.52. The zero-order valence-electron chi connectivity index (χ0n) is 16.1. The number of pyridine rings is 1. The summed E-state index contributed by atoms with van der Waals surface area (Å²) in [5.74, 6) is 6.75. The lowest BCUT2D eigenvalue weighted by Gasteiger charge is -2.16. The van der Waals surface area contributed by atoms with Crippen molar-refractivity contribution in [2.45, 2.75) is 65.2 Å². The van der Waals surface area contributed by atoms with Crippen molar-refractivity contribution >= 4 is 10.9 Å². The standard InChI is InChI=1S/C21H32N2O3/c1-3-5-7-8-9-12-16-26-20-19(25-15-6-4-2)17-13-10-11-14-18(17)23(22)21(20)24/h10-11,13-14H,3-9,12,15-16,22H2,1-2H3. The molecule has 0 fully saturated rings. The van der Waals surface area contributed by atoms with Crippen LogP contribution in [0.15, 0.2) is 29.1 Å². The Morgan fingerprint density at radius 3 is 2.23 bits per heavy atom. The Morgan fingerprint density at radius 1 is 0.846 bits per heavy atom. The number of unbranched alkanes of at least 4 members (excludes halogenated alkanes) is 6. The van der Waals surface area contributed by atoms with Crippen LogP contribution in [0.3, 0.4) is 0 Å². The van der Waals surface area contributed by atoms with E-state index in [0.29, 0.717) is 24.5 Å². The van der Waals surface area contributed by atoms with Crippen LogP contribution in [0.5, 0.6) is 11.5 Å². The number of nitrogens with zero attached hydrogens (tertiary/aromatic N) is 1. The van der Waals surface area contributed by atoms with Crippen molar-refractivity contribution in [1.82, 2.24) is 4.68 Å². The molecule has 0 aliphatic heterocycles. The number of fused-ring (bicyclic) bond motifs is 1. The lowest BCUT2D eigenvalue weighted by atomic mass is 10.1. The molecule has 26 heavy (non-hydrogen) atoms. The third kappa shape index (κ3) is 5.16. The summed E-state index contributed by atoms with van der Waals surface area (Å²) in [6.45, 7) is 5.38. The second-order valence-electron chi connectivity index (χ2n) is 6.67. The molecule has 0 saturated carbocycles. The number of nitrogens with two attached hydrogens (primary N) is 1. The van der Waals surface area contributed by atoms with E-state index >= 15 is 0 Å². The highest BCUT2D eigenvalue weighted by molar-refractivity contribution is 5.87. The van der Waals surface area contributed by atoms with Crippen LogP contribution in [0, 0.1) is 0 Å². The number of rotatable bonds is 12. The van der Waals surface area contributed by atoms with Crippen LogP contribution in [-0.4, -0.2) is 17.9 Å². The van der Waals surface area contributed by atoms with E-state index in [1.54, 1.807) is 0 Å². The molecular weight excluding hydrogens is 328 g/mol. The minimum absolute atomic E-state index is 0.232. The Kier molecular flexibility index (Phi) is 8.32. The van der Waals surface area contributed by atoms with Crippen molar-refractivity contribution in [2.24, 2.45) is 0 Å². The summed E-state index contributed by atoms with van der Waals surface area (Å²) in [4.78, 5) is 12.7. The van der Waals surface area contributed by atoms with Gasteiger partial charge in [0.15, 0.2) is 5.75 Å². The first-order valence-electron chi connectivity index (χ1n) is 9.89. The molecule has 0 atom stereocenters. The van der Waals surface area contributed by atoms with Crippen LogP contribution in [0.1, 0.15) is 65.2 Å². The molecule has 1 aromatic heterocycles. The van der Waals surface area contributed by atoms with Gasteiger partial charge < -0.3 is 15.3 Å². The first-order valence-corrected chi connectivity index (χ1v) is 9.89. The molecule has 0 unspecified atom stereocenters. The predicted molar refractivity (Wildman–Crippen MR) is 108 cm³/mol. The minimum atomic E-state index is -0.346. The molecule has 144 valence electrons. The highest BCUT2D eigenvalue weighted by atomic mass is 16.5. The Bertz CT molecular complexity index is 740. The van der Waals surface area contributed by atoms with Gasteiger partial charge in [0.25, 0.3) is 0 Å². The number of hydrogen-bond acceptors (Lipinski definition) is 4. The summed E-state index contributed by atoms with van der Waals surface area (Å²) in [6.07, 6.45) is 8.96. The van der Waals surface area contributed by atoms with E-state index in [1.807, 2.05) is 24.3 Å². The normalized spacial score (nSPS) is 11.0. The van der Waals surface area contributed by atoms with Gasteiger partial charge in [-0.3, -0.25) is 4.79 Å². The van der Waals surface area contributed by atoms with Crippen LogP contribution in [0.2, 0.25) is 0 Å². The Balaban J connectivity index is 2.16. The van der Waals surface area contributed by atoms with Crippen LogP contribution in [-0.2, 0) is 0 Å². The van der Waals surface area contributed by atoms with E-state index in [9.17, 15) is 4.79 Å². The summed E-state index contributed by atoms with van der Waals surface area (Å²) in [7, 11) is 0.